The molecule has 124 valence electrons. The van der Waals surface area contributed by atoms with Crippen molar-refractivity contribution in [3.05, 3.63) is 36.4 Å². The summed E-state index contributed by atoms with van der Waals surface area (Å²) in [6.45, 7) is 2.61. The molecule has 13 heteroatoms. The Bertz CT molecular complexity index is 595. The van der Waals surface area contributed by atoms with Crippen LogP contribution in [0.3, 0.4) is 0 Å². The van der Waals surface area contributed by atoms with Gasteiger partial charge in [0.2, 0.25) is 0 Å². The van der Waals surface area contributed by atoms with E-state index in [1.54, 1.807) is 0 Å². The second kappa shape index (κ2) is 9.18. The number of nitrogens with one attached hydrogen (secondary N) is 2. The molecule has 0 aliphatic carbocycles. The molecular formula is C10H14N4O6P2Zr. The molecule has 0 radical (unpaired) electrons. The summed E-state index contributed by atoms with van der Waals surface area (Å²) < 4.78 is 20.9. The van der Waals surface area contributed by atoms with Gasteiger partial charge >= 0.3 is 26.2 Å². The van der Waals surface area contributed by atoms with Crippen LogP contribution in [-0.2, 0) is 35.3 Å². The molecule has 0 saturated carbocycles. The average Bonchev–Trinajstić information content (AvgIpc) is 3.08. The van der Waals surface area contributed by atoms with Gasteiger partial charge in [-0.2, -0.15) is 0 Å². The van der Waals surface area contributed by atoms with Crippen LogP contribution in [0.5, 0.6) is 0 Å². The molecule has 0 spiro atoms. The molecule has 0 amide bonds. The van der Waals surface area contributed by atoms with E-state index in [1.165, 1.54) is 38.6 Å². The fraction of sp³-hybridized carbons (Fsp3) is 0.400. The van der Waals surface area contributed by atoms with E-state index in [2.05, 4.69) is 19.9 Å². The summed E-state index contributed by atoms with van der Waals surface area (Å²) in [6.07, 6.45) is 5.76. The Morgan fingerprint density at radius 2 is 1.17 bits per heavy atom. The predicted molar refractivity (Wildman–Crippen MR) is 69.2 cm³/mol. The van der Waals surface area contributed by atoms with Crippen molar-refractivity contribution in [2.24, 2.45) is 0 Å². The Hall–Kier alpha value is -0.397. The first kappa shape index (κ1) is 22.6. The molecular weight excluding hydrogens is 425 g/mol. The number of imidazole rings is 2. The molecule has 0 fully saturated rings. The third-order valence-electron chi connectivity index (χ3n) is 2.78. The number of nitrogens with zero attached hydrogens (tertiary/aromatic N) is 2. The van der Waals surface area contributed by atoms with Gasteiger partial charge in [-0.25, -0.2) is 9.97 Å². The van der Waals surface area contributed by atoms with Crippen molar-refractivity contribution < 1.29 is 54.9 Å². The van der Waals surface area contributed by atoms with Crippen LogP contribution in [0.4, 0.5) is 0 Å². The summed E-state index contributed by atoms with van der Waals surface area (Å²) >= 11 is 0. The smallest absolute Gasteiger partial charge is 0.810 e. The van der Waals surface area contributed by atoms with Crippen LogP contribution >= 0.6 is 15.2 Å². The van der Waals surface area contributed by atoms with Crippen LogP contribution in [0, 0.1) is 0 Å². The van der Waals surface area contributed by atoms with Gasteiger partial charge in [0, 0.05) is 36.1 Å². The van der Waals surface area contributed by atoms with Gasteiger partial charge in [0.05, 0.1) is 0 Å². The van der Waals surface area contributed by atoms with Crippen molar-refractivity contribution in [1.82, 2.24) is 19.9 Å². The van der Waals surface area contributed by atoms with Gasteiger partial charge in [-0.05, 0) is 0 Å². The van der Waals surface area contributed by atoms with Gasteiger partial charge in [0.25, 0.3) is 0 Å². The molecule has 2 rings (SSSR count). The third-order valence-corrected chi connectivity index (χ3v) is 5.17. The summed E-state index contributed by atoms with van der Waals surface area (Å²) in [6, 6.07) is 0. The van der Waals surface area contributed by atoms with Crippen LogP contribution in [0.25, 0.3) is 0 Å². The Labute approximate surface area is 151 Å². The molecule has 10 nitrogen and oxygen atoms in total. The van der Waals surface area contributed by atoms with Crippen LogP contribution in [0.15, 0.2) is 24.8 Å². The fourth-order valence-corrected chi connectivity index (χ4v) is 2.19. The second-order valence-electron chi connectivity index (χ2n) is 4.38. The molecule has 2 heterocycles. The topological polar surface area (TPSA) is 184 Å². The van der Waals surface area contributed by atoms with E-state index in [4.69, 9.17) is 0 Å². The number of hydrogen-bond acceptors (Lipinski definition) is 8. The summed E-state index contributed by atoms with van der Waals surface area (Å²) in [7, 11) is -9.08. The van der Waals surface area contributed by atoms with Gasteiger partial charge in [0.1, 0.15) is 11.6 Å². The Morgan fingerprint density at radius 3 is 1.35 bits per heavy atom. The molecule has 0 saturated heterocycles. The van der Waals surface area contributed by atoms with E-state index in [0.717, 1.165) is 0 Å². The first-order chi connectivity index (χ1) is 10.0. The molecule has 2 aromatic rings. The maximum atomic E-state index is 10.4. The van der Waals surface area contributed by atoms with Crippen molar-refractivity contribution in [2.75, 3.05) is 0 Å². The van der Waals surface area contributed by atoms with E-state index in [0.29, 0.717) is 0 Å². The quantitative estimate of drug-likeness (QED) is 0.554. The zero-order valence-corrected chi connectivity index (χ0v) is 16.4. The zero-order chi connectivity index (χ0) is 17.0. The van der Waals surface area contributed by atoms with Crippen LogP contribution < -0.4 is 19.6 Å². The van der Waals surface area contributed by atoms with E-state index in [1.807, 2.05) is 0 Å². The van der Waals surface area contributed by atoms with Gasteiger partial charge in [0.15, 0.2) is 0 Å². The van der Waals surface area contributed by atoms with Gasteiger partial charge < -0.3 is 38.7 Å². The molecule has 0 bridgehead atoms. The minimum absolute atomic E-state index is 0. The summed E-state index contributed by atoms with van der Waals surface area (Å²) in [4.78, 5) is 54.2. The molecule has 0 aliphatic rings. The first-order valence-electron chi connectivity index (χ1n) is 6.05. The van der Waals surface area contributed by atoms with Crippen molar-refractivity contribution >= 4 is 15.2 Å². The maximum Gasteiger partial charge on any atom is 4.00 e. The van der Waals surface area contributed by atoms with E-state index >= 15 is 0 Å². The molecule has 2 atom stereocenters. The van der Waals surface area contributed by atoms with Crippen LogP contribution in [0.1, 0.15) is 36.8 Å². The van der Waals surface area contributed by atoms with Crippen LogP contribution in [-0.4, -0.2) is 19.9 Å². The standard InChI is InChI=1S/2C5H9N2O3P.Zr/c2*1-4(11(8,9)10)5-6-2-3-7-5;/h2*2-4H,1H3,(H,6,7)(H2,8,9,10);/q;;+4/p-4. The van der Waals surface area contributed by atoms with Crippen molar-refractivity contribution in [2.45, 2.75) is 25.2 Å². The molecule has 0 aromatic carbocycles. The zero-order valence-electron chi connectivity index (χ0n) is 12.2. The van der Waals surface area contributed by atoms with Crippen molar-refractivity contribution in [1.29, 1.82) is 0 Å². The Morgan fingerprint density at radius 1 is 0.870 bits per heavy atom. The molecule has 2 N–H and O–H groups in total. The summed E-state index contributed by atoms with van der Waals surface area (Å²) in [5, 5.41) is 0. The predicted octanol–water partition coefficient (Wildman–Crippen LogP) is -1.23. The maximum absolute atomic E-state index is 10.4. The number of hydrogen-bond donors (Lipinski definition) is 2. The monoisotopic (exact) mass is 438 g/mol. The number of aromatic nitrogens is 4. The minimum Gasteiger partial charge on any atom is -0.810 e. The number of H-pyrrole nitrogens is 2. The van der Waals surface area contributed by atoms with E-state index in [9.17, 15) is 28.7 Å². The minimum atomic E-state index is -4.54. The number of rotatable bonds is 4. The van der Waals surface area contributed by atoms with Gasteiger partial charge in [-0.15, -0.1) is 0 Å². The van der Waals surface area contributed by atoms with Crippen molar-refractivity contribution in [3.8, 4) is 0 Å². The molecule has 2 unspecified atom stereocenters. The fourth-order valence-electron chi connectivity index (χ4n) is 1.31. The summed E-state index contributed by atoms with van der Waals surface area (Å²) in [5.41, 5.74) is -2.14. The SMILES string of the molecule is CC(c1ncc[nH]1)P(=O)([O-])[O-].CC(c1ncc[nH]1)P(=O)([O-])[O-].[Zr+4]. The molecule has 2 aromatic heterocycles. The first-order valence-corrected chi connectivity index (χ1v) is 9.28. The van der Waals surface area contributed by atoms with Gasteiger partial charge in [-0.1, -0.05) is 29.0 Å². The Balaban J connectivity index is 0.000000403. The largest absolute Gasteiger partial charge is 4.00 e. The third kappa shape index (κ3) is 7.35. The van der Waals surface area contributed by atoms with E-state index in [-0.39, 0.29) is 37.9 Å². The van der Waals surface area contributed by atoms with Crippen molar-refractivity contribution in [3.63, 3.8) is 0 Å². The molecule has 23 heavy (non-hydrogen) atoms. The average molecular weight is 439 g/mol. The number of aromatic amines is 2. The Kier molecular flexibility index (Phi) is 9.02. The molecule has 0 aliphatic heterocycles. The van der Waals surface area contributed by atoms with Crippen LogP contribution in [0.2, 0.25) is 0 Å². The van der Waals surface area contributed by atoms with Gasteiger partial charge in [-0.3, -0.25) is 0 Å². The second-order valence-corrected chi connectivity index (χ2v) is 8.09. The normalized spacial score (nSPS) is 14.2. The summed E-state index contributed by atoms with van der Waals surface area (Å²) in [5.74, 6) is 0.386. The van der Waals surface area contributed by atoms with E-state index < -0.39 is 26.5 Å².